The Morgan fingerprint density at radius 2 is 2.19 bits per heavy atom. The molecule has 0 radical (unpaired) electrons. The summed E-state index contributed by atoms with van der Waals surface area (Å²) < 4.78 is 12.8. The quantitative estimate of drug-likeness (QED) is 0.534. The van der Waals surface area contributed by atoms with Crippen LogP contribution in [0.4, 0.5) is 5.69 Å². The largest absolute Gasteiger partial charge is 0.454 e. The van der Waals surface area contributed by atoms with E-state index in [0.717, 1.165) is 0 Å². The number of hydrogen-bond acceptors (Lipinski definition) is 7. The number of amides is 1. The number of benzene rings is 1. The van der Waals surface area contributed by atoms with E-state index >= 15 is 0 Å². The van der Waals surface area contributed by atoms with E-state index in [4.69, 9.17) is 9.47 Å². The van der Waals surface area contributed by atoms with Gasteiger partial charge in [-0.15, -0.1) is 11.3 Å². The molecule has 0 bridgehead atoms. The fourth-order valence-corrected chi connectivity index (χ4v) is 4.26. The normalized spacial score (nSPS) is 12.5. The van der Waals surface area contributed by atoms with Crippen molar-refractivity contribution in [2.24, 2.45) is 0 Å². The Labute approximate surface area is 157 Å². The second-order valence-electron chi connectivity index (χ2n) is 5.48. The number of nitrogens with one attached hydrogen (secondary N) is 1. The highest BCUT2D eigenvalue weighted by atomic mass is 32.2. The molecular weight excluding hydrogens is 374 g/mol. The Balaban J connectivity index is 1.47. The Morgan fingerprint density at radius 1 is 1.35 bits per heavy atom. The van der Waals surface area contributed by atoms with Gasteiger partial charge in [0.25, 0.3) is 5.56 Å². The van der Waals surface area contributed by atoms with Gasteiger partial charge in [-0.1, -0.05) is 11.8 Å². The van der Waals surface area contributed by atoms with Crippen molar-refractivity contribution in [2.45, 2.75) is 18.6 Å². The van der Waals surface area contributed by atoms with Crippen molar-refractivity contribution in [2.75, 3.05) is 17.9 Å². The number of carbonyl (C=O) groups is 1. The van der Waals surface area contributed by atoms with Crippen LogP contribution < -0.4 is 20.3 Å². The van der Waals surface area contributed by atoms with Crippen LogP contribution in [0.1, 0.15) is 6.92 Å². The number of thiophene rings is 1. The molecule has 1 amide bonds. The molecule has 0 atom stereocenters. The molecule has 4 rings (SSSR count). The molecule has 0 aliphatic carbocycles. The van der Waals surface area contributed by atoms with Crippen molar-refractivity contribution in [3.8, 4) is 11.5 Å². The number of rotatable bonds is 5. The summed E-state index contributed by atoms with van der Waals surface area (Å²) in [4.78, 5) is 29.3. The first kappa shape index (κ1) is 16.9. The summed E-state index contributed by atoms with van der Waals surface area (Å²) in [6, 6.07) is 7.06. The number of hydrogen-bond donors (Lipinski definition) is 1. The summed E-state index contributed by atoms with van der Waals surface area (Å²) in [7, 11) is 0. The van der Waals surface area contributed by atoms with Crippen molar-refractivity contribution in [1.82, 2.24) is 9.55 Å². The monoisotopic (exact) mass is 389 g/mol. The molecule has 1 N–H and O–H groups in total. The Morgan fingerprint density at radius 3 is 3.04 bits per heavy atom. The van der Waals surface area contributed by atoms with Gasteiger partial charge in [0.1, 0.15) is 4.70 Å². The molecule has 3 aromatic rings. The van der Waals surface area contributed by atoms with Crippen molar-refractivity contribution >= 4 is 44.9 Å². The van der Waals surface area contributed by atoms with Crippen LogP contribution in [0.15, 0.2) is 39.6 Å². The first-order valence-corrected chi connectivity index (χ1v) is 9.82. The molecule has 0 saturated heterocycles. The minimum Gasteiger partial charge on any atom is -0.454 e. The number of anilines is 1. The molecule has 0 fully saturated rings. The molecular formula is C17H15N3O4S2. The molecule has 26 heavy (non-hydrogen) atoms. The molecule has 0 unspecified atom stereocenters. The summed E-state index contributed by atoms with van der Waals surface area (Å²) in [6.45, 7) is 2.58. The maximum Gasteiger partial charge on any atom is 0.272 e. The lowest BCUT2D eigenvalue weighted by molar-refractivity contribution is -0.113. The molecule has 7 nitrogen and oxygen atoms in total. The Kier molecular flexibility index (Phi) is 4.56. The highest BCUT2D eigenvalue weighted by Gasteiger charge is 2.16. The van der Waals surface area contributed by atoms with Crippen LogP contribution in [-0.4, -0.2) is 28.0 Å². The lowest BCUT2D eigenvalue weighted by atomic mass is 10.3. The van der Waals surface area contributed by atoms with E-state index in [-0.39, 0.29) is 24.0 Å². The van der Waals surface area contributed by atoms with Crippen molar-refractivity contribution in [1.29, 1.82) is 0 Å². The second-order valence-corrected chi connectivity index (χ2v) is 7.34. The van der Waals surface area contributed by atoms with E-state index < -0.39 is 0 Å². The lowest BCUT2D eigenvalue weighted by Crippen LogP contribution is -2.22. The van der Waals surface area contributed by atoms with Gasteiger partial charge in [-0.25, -0.2) is 4.98 Å². The van der Waals surface area contributed by atoms with Crippen LogP contribution in [0.25, 0.3) is 10.2 Å². The van der Waals surface area contributed by atoms with Gasteiger partial charge in [0.15, 0.2) is 16.7 Å². The molecule has 1 aromatic carbocycles. The average molecular weight is 389 g/mol. The van der Waals surface area contributed by atoms with Crippen LogP contribution in [-0.2, 0) is 11.3 Å². The van der Waals surface area contributed by atoms with Gasteiger partial charge in [0.05, 0.1) is 11.3 Å². The summed E-state index contributed by atoms with van der Waals surface area (Å²) in [6.07, 6.45) is 0. The van der Waals surface area contributed by atoms with Crippen molar-refractivity contribution in [3.63, 3.8) is 0 Å². The zero-order valence-electron chi connectivity index (χ0n) is 13.9. The van der Waals surface area contributed by atoms with E-state index in [9.17, 15) is 9.59 Å². The van der Waals surface area contributed by atoms with E-state index in [2.05, 4.69) is 10.3 Å². The highest BCUT2D eigenvalue weighted by Crippen LogP contribution is 2.34. The van der Waals surface area contributed by atoms with Gasteiger partial charge >= 0.3 is 0 Å². The van der Waals surface area contributed by atoms with Crippen molar-refractivity contribution in [3.05, 3.63) is 40.0 Å². The summed E-state index contributed by atoms with van der Waals surface area (Å²) in [5.74, 6) is 1.24. The molecule has 0 saturated carbocycles. The van der Waals surface area contributed by atoms with Crippen molar-refractivity contribution < 1.29 is 14.3 Å². The van der Waals surface area contributed by atoms with Gasteiger partial charge in [0.2, 0.25) is 12.7 Å². The Hall–Kier alpha value is -2.52. The van der Waals surface area contributed by atoms with Crippen LogP contribution in [0, 0.1) is 0 Å². The van der Waals surface area contributed by atoms with Gasteiger partial charge in [-0.05, 0) is 30.5 Å². The van der Waals surface area contributed by atoms with Gasteiger partial charge in [-0.3, -0.25) is 14.2 Å². The van der Waals surface area contributed by atoms with Crippen LogP contribution in [0.3, 0.4) is 0 Å². The lowest BCUT2D eigenvalue weighted by Gasteiger charge is -2.10. The minimum atomic E-state index is -0.184. The van der Waals surface area contributed by atoms with Crippen LogP contribution >= 0.6 is 23.1 Å². The third-order valence-electron chi connectivity index (χ3n) is 3.84. The number of fused-ring (bicyclic) bond motifs is 2. The standard InChI is InChI=1S/C17H15N3O4S2/c1-2-20-16(22)15-11(5-6-25-15)19-17(20)26-8-14(21)18-10-3-4-12-13(7-10)24-9-23-12/h3-7H,2,8-9H2,1H3,(H,18,21). The predicted octanol–water partition coefficient (Wildman–Crippen LogP) is 2.94. The summed E-state index contributed by atoms with van der Waals surface area (Å²) in [5.41, 5.74) is 1.24. The van der Waals surface area contributed by atoms with Gasteiger partial charge in [0, 0.05) is 18.3 Å². The predicted molar refractivity (Wildman–Crippen MR) is 101 cm³/mol. The smallest absolute Gasteiger partial charge is 0.272 e. The number of ether oxygens (including phenoxy) is 2. The fourth-order valence-electron chi connectivity index (χ4n) is 2.61. The molecule has 1 aliphatic rings. The van der Waals surface area contributed by atoms with E-state index in [1.54, 1.807) is 22.8 Å². The first-order chi connectivity index (χ1) is 12.7. The molecule has 3 heterocycles. The SMILES string of the molecule is CCn1c(SCC(=O)Nc2ccc3c(c2)OCO3)nc2ccsc2c1=O. The minimum absolute atomic E-state index is 0.0637. The van der Waals surface area contributed by atoms with Crippen LogP contribution in [0.5, 0.6) is 11.5 Å². The van der Waals surface area contributed by atoms with Gasteiger partial charge in [-0.2, -0.15) is 0 Å². The number of nitrogens with zero attached hydrogens (tertiary/aromatic N) is 2. The van der Waals surface area contributed by atoms with Crippen LogP contribution in [0.2, 0.25) is 0 Å². The third-order valence-corrected chi connectivity index (χ3v) is 5.70. The number of aromatic nitrogens is 2. The zero-order chi connectivity index (χ0) is 18.1. The maximum absolute atomic E-state index is 12.5. The molecule has 1 aliphatic heterocycles. The van der Waals surface area contributed by atoms with Gasteiger partial charge < -0.3 is 14.8 Å². The van der Waals surface area contributed by atoms with E-state index in [1.807, 2.05) is 18.4 Å². The third kappa shape index (κ3) is 3.15. The fraction of sp³-hybridized carbons (Fsp3) is 0.235. The molecule has 0 spiro atoms. The molecule has 9 heteroatoms. The highest BCUT2D eigenvalue weighted by molar-refractivity contribution is 7.99. The second kappa shape index (κ2) is 7.00. The average Bonchev–Trinajstić information content (AvgIpc) is 3.28. The summed E-state index contributed by atoms with van der Waals surface area (Å²) >= 11 is 2.63. The molecule has 134 valence electrons. The van der Waals surface area contributed by atoms with E-state index in [0.29, 0.717) is 39.1 Å². The van der Waals surface area contributed by atoms with E-state index in [1.165, 1.54) is 23.1 Å². The summed E-state index contributed by atoms with van der Waals surface area (Å²) in [5, 5.41) is 5.21. The number of carbonyl (C=O) groups excluding carboxylic acids is 1. The topological polar surface area (TPSA) is 82.5 Å². The molecule has 2 aromatic heterocycles. The zero-order valence-corrected chi connectivity index (χ0v) is 15.5. The first-order valence-electron chi connectivity index (χ1n) is 7.96. The maximum atomic E-state index is 12.5. The Bertz CT molecular complexity index is 1040. The number of thioether (sulfide) groups is 1.